The Hall–Kier alpha value is -0.120. The predicted molar refractivity (Wildman–Crippen MR) is 69.2 cm³/mol. The third-order valence-electron chi connectivity index (χ3n) is 3.76. The van der Waals surface area contributed by atoms with Crippen LogP contribution in [0, 0.1) is 0 Å². The van der Waals surface area contributed by atoms with Gasteiger partial charge in [0.25, 0.3) is 0 Å². The Morgan fingerprint density at radius 2 is 1.35 bits per heavy atom. The fourth-order valence-electron chi connectivity index (χ4n) is 2.89. The van der Waals surface area contributed by atoms with Gasteiger partial charge in [-0.1, -0.05) is 0 Å². The first-order valence-electron chi connectivity index (χ1n) is 7.25. The van der Waals surface area contributed by atoms with Crippen LogP contribution in [0.25, 0.3) is 0 Å². The number of hydrogen-bond acceptors (Lipinski definition) is 3. The maximum absolute atomic E-state index is 6.19. The van der Waals surface area contributed by atoms with Crippen molar-refractivity contribution in [2.75, 3.05) is 13.1 Å². The Morgan fingerprint density at radius 3 is 1.94 bits per heavy atom. The molecule has 0 unspecified atom stereocenters. The second kappa shape index (κ2) is 6.72. The lowest BCUT2D eigenvalue weighted by Gasteiger charge is -2.33. The molecule has 1 N–H and O–H groups in total. The molecule has 3 nitrogen and oxygen atoms in total. The summed E-state index contributed by atoms with van der Waals surface area (Å²) in [5, 5.41) is 3.38. The van der Waals surface area contributed by atoms with Crippen LogP contribution in [0.1, 0.15) is 52.4 Å². The van der Waals surface area contributed by atoms with E-state index in [0.29, 0.717) is 24.4 Å². The molecule has 0 aromatic heterocycles. The largest absolute Gasteiger partial charge is 0.376 e. The molecule has 1 saturated carbocycles. The fraction of sp³-hybridized carbons (Fsp3) is 1.00. The Labute approximate surface area is 105 Å². The lowest BCUT2D eigenvalue weighted by Crippen LogP contribution is -2.36. The summed E-state index contributed by atoms with van der Waals surface area (Å²) in [7, 11) is 0. The van der Waals surface area contributed by atoms with Crippen LogP contribution >= 0.6 is 0 Å². The van der Waals surface area contributed by atoms with Gasteiger partial charge in [0.15, 0.2) is 0 Å². The van der Waals surface area contributed by atoms with Gasteiger partial charge in [-0.05, 0) is 65.5 Å². The van der Waals surface area contributed by atoms with Crippen molar-refractivity contribution in [2.24, 2.45) is 0 Å². The molecule has 2 rings (SSSR count). The van der Waals surface area contributed by atoms with E-state index in [-0.39, 0.29) is 0 Å². The quantitative estimate of drug-likeness (QED) is 0.820. The number of nitrogens with one attached hydrogen (secondary N) is 1. The molecule has 0 atom stereocenters. The highest BCUT2D eigenvalue weighted by Crippen LogP contribution is 2.26. The van der Waals surface area contributed by atoms with Gasteiger partial charge in [0, 0.05) is 0 Å². The van der Waals surface area contributed by atoms with Crippen LogP contribution in [0.3, 0.4) is 0 Å². The van der Waals surface area contributed by atoms with E-state index in [9.17, 15) is 0 Å². The van der Waals surface area contributed by atoms with Gasteiger partial charge in [-0.25, -0.2) is 0 Å². The average molecular weight is 241 g/mol. The fourth-order valence-corrected chi connectivity index (χ4v) is 2.89. The van der Waals surface area contributed by atoms with E-state index in [2.05, 4.69) is 19.2 Å². The number of piperidine rings is 1. The van der Waals surface area contributed by atoms with Crippen molar-refractivity contribution in [1.29, 1.82) is 0 Å². The molecule has 2 aliphatic rings. The number of rotatable bonds is 4. The highest BCUT2D eigenvalue weighted by atomic mass is 16.5. The number of ether oxygens (including phenoxy) is 2. The van der Waals surface area contributed by atoms with Gasteiger partial charge >= 0.3 is 0 Å². The maximum Gasteiger partial charge on any atom is 0.0603 e. The van der Waals surface area contributed by atoms with Crippen LogP contribution < -0.4 is 5.32 Å². The smallest absolute Gasteiger partial charge is 0.0603 e. The molecule has 0 amide bonds. The minimum absolute atomic E-state index is 0.363. The van der Waals surface area contributed by atoms with Crippen molar-refractivity contribution >= 4 is 0 Å². The molecule has 100 valence electrons. The molecule has 2 fully saturated rings. The summed E-state index contributed by atoms with van der Waals surface area (Å²) < 4.78 is 12.1. The zero-order chi connectivity index (χ0) is 12.1. The highest BCUT2D eigenvalue weighted by Gasteiger charge is 2.25. The van der Waals surface area contributed by atoms with E-state index >= 15 is 0 Å². The first-order valence-corrected chi connectivity index (χ1v) is 7.25. The summed E-state index contributed by atoms with van der Waals surface area (Å²) >= 11 is 0. The molecule has 1 heterocycles. The lowest BCUT2D eigenvalue weighted by molar-refractivity contribution is -0.0794. The molecule has 1 aliphatic heterocycles. The Bertz CT molecular complexity index is 206. The van der Waals surface area contributed by atoms with Crippen molar-refractivity contribution in [3.8, 4) is 0 Å². The molecule has 1 saturated heterocycles. The highest BCUT2D eigenvalue weighted by molar-refractivity contribution is 4.76. The molecule has 0 spiro atoms. The predicted octanol–water partition coefficient (Wildman–Crippen LogP) is 2.49. The van der Waals surface area contributed by atoms with Crippen molar-refractivity contribution in [3.05, 3.63) is 0 Å². The Morgan fingerprint density at radius 1 is 0.824 bits per heavy atom. The van der Waals surface area contributed by atoms with Crippen LogP contribution in [0.4, 0.5) is 0 Å². The summed E-state index contributed by atoms with van der Waals surface area (Å²) in [6.45, 7) is 6.49. The molecule has 1 aliphatic carbocycles. The third-order valence-corrected chi connectivity index (χ3v) is 3.76. The van der Waals surface area contributed by atoms with Crippen LogP contribution in [-0.4, -0.2) is 37.5 Å². The van der Waals surface area contributed by atoms with Crippen molar-refractivity contribution in [1.82, 2.24) is 5.32 Å². The van der Waals surface area contributed by atoms with Gasteiger partial charge < -0.3 is 14.8 Å². The minimum Gasteiger partial charge on any atom is -0.376 e. The zero-order valence-electron chi connectivity index (χ0n) is 11.3. The van der Waals surface area contributed by atoms with E-state index in [1.165, 1.54) is 38.5 Å². The SMILES string of the molecule is CC(C)OC1CCC(OC2CCNCC2)CC1. The van der Waals surface area contributed by atoms with Gasteiger partial charge in [0.05, 0.1) is 24.4 Å². The topological polar surface area (TPSA) is 30.5 Å². The maximum atomic E-state index is 6.19. The zero-order valence-corrected chi connectivity index (χ0v) is 11.3. The van der Waals surface area contributed by atoms with Gasteiger partial charge in [-0.15, -0.1) is 0 Å². The van der Waals surface area contributed by atoms with Gasteiger partial charge in [-0.2, -0.15) is 0 Å². The van der Waals surface area contributed by atoms with Crippen LogP contribution in [0.5, 0.6) is 0 Å². The Kier molecular flexibility index (Phi) is 5.26. The summed E-state index contributed by atoms with van der Waals surface area (Å²) in [6, 6.07) is 0. The molecular weight excluding hydrogens is 214 g/mol. The first kappa shape index (κ1) is 13.3. The molecule has 0 aromatic carbocycles. The molecule has 17 heavy (non-hydrogen) atoms. The Balaban J connectivity index is 1.64. The molecule has 3 heteroatoms. The van der Waals surface area contributed by atoms with Crippen molar-refractivity contribution in [3.63, 3.8) is 0 Å². The molecular formula is C14H27NO2. The number of hydrogen-bond donors (Lipinski definition) is 1. The molecule has 0 bridgehead atoms. The van der Waals surface area contributed by atoms with E-state index in [1.54, 1.807) is 0 Å². The second-order valence-corrected chi connectivity index (χ2v) is 5.67. The van der Waals surface area contributed by atoms with Gasteiger partial charge in [0.2, 0.25) is 0 Å². The third kappa shape index (κ3) is 4.57. The summed E-state index contributed by atoms with van der Waals surface area (Å²) in [5.41, 5.74) is 0. The first-order chi connectivity index (χ1) is 8.24. The van der Waals surface area contributed by atoms with E-state index in [1.807, 2.05) is 0 Å². The van der Waals surface area contributed by atoms with Crippen LogP contribution in [0.15, 0.2) is 0 Å². The summed E-state index contributed by atoms with van der Waals surface area (Å²) in [6.07, 6.45) is 8.91. The van der Waals surface area contributed by atoms with E-state index < -0.39 is 0 Å². The monoisotopic (exact) mass is 241 g/mol. The van der Waals surface area contributed by atoms with E-state index in [0.717, 1.165) is 13.1 Å². The second-order valence-electron chi connectivity index (χ2n) is 5.67. The van der Waals surface area contributed by atoms with Crippen LogP contribution in [0.2, 0.25) is 0 Å². The standard InChI is InChI=1S/C14H27NO2/c1-11(2)16-12-3-5-13(6-4-12)17-14-7-9-15-10-8-14/h11-15H,3-10H2,1-2H3. The van der Waals surface area contributed by atoms with Crippen molar-refractivity contribution < 1.29 is 9.47 Å². The van der Waals surface area contributed by atoms with Gasteiger partial charge in [-0.3, -0.25) is 0 Å². The minimum atomic E-state index is 0.363. The van der Waals surface area contributed by atoms with Crippen LogP contribution in [-0.2, 0) is 9.47 Å². The molecule has 0 radical (unpaired) electrons. The molecule has 0 aromatic rings. The van der Waals surface area contributed by atoms with Crippen molar-refractivity contribution in [2.45, 2.75) is 76.8 Å². The summed E-state index contributed by atoms with van der Waals surface area (Å²) in [5.74, 6) is 0. The normalized spacial score (nSPS) is 31.9. The summed E-state index contributed by atoms with van der Waals surface area (Å²) in [4.78, 5) is 0. The lowest BCUT2D eigenvalue weighted by atomic mass is 9.94. The van der Waals surface area contributed by atoms with E-state index in [4.69, 9.17) is 9.47 Å². The average Bonchev–Trinajstić information content (AvgIpc) is 2.32. The van der Waals surface area contributed by atoms with Gasteiger partial charge in [0.1, 0.15) is 0 Å².